The van der Waals surface area contributed by atoms with E-state index in [4.69, 9.17) is 0 Å². The first-order valence-corrected chi connectivity index (χ1v) is 13.8. The molecule has 0 amide bonds. The Balaban J connectivity index is 1.55. The molecular weight excluding hydrogens is 392 g/mol. The fourth-order valence-corrected chi connectivity index (χ4v) is 11.5. The van der Waals surface area contributed by atoms with Crippen LogP contribution >= 0.6 is 0 Å². The summed E-state index contributed by atoms with van der Waals surface area (Å²) in [5, 5.41) is 21.5. The van der Waals surface area contributed by atoms with Crippen LogP contribution in [0.4, 0.5) is 0 Å². The second-order valence-electron chi connectivity index (χ2n) is 14.6. The van der Waals surface area contributed by atoms with Crippen LogP contribution in [0, 0.1) is 56.7 Å². The number of allylic oxidation sites excluding steroid dienone is 1. The lowest BCUT2D eigenvalue weighted by Gasteiger charge is -2.73. The fourth-order valence-electron chi connectivity index (χ4n) is 11.5. The summed E-state index contributed by atoms with van der Waals surface area (Å²) in [6.45, 7) is 19.7. The van der Waals surface area contributed by atoms with E-state index in [0.717, 1.165) is 18.3 Å². The van der Waals surface area contributed by atoms with Crippen LogP contribution < -0.4 is 0 Å². The third-order valence-electron chi connectivity index (χ3n) is 13.5. The minimum absolute atomic E-state index is 0.0290. The monoisotopic (exact) mass is 442 g/mol. The molecule has 2 nitrogen and oxygen atoms in total. The van der Waals surface area contributed by atoms with Gasteiger partial charge in [0, 0.05) is 6.61 Å². The van der Waals surface area contributed by atoms with E-state index in [-0.39, 0.29) is 16.9 Å². The molecule has 2 N–H and O–H groups in total. The highest BCUT2D eigenvalue weighted by atomic mass is 16.3. The minimum atomic E-state index is -0.147. The van der Waals surface area contributed by atoms with Gasteiger partial charge >= 0.3 is 0 Å². The second-order valence-corrected chi connectivity index (χ2v) is 14.6. The molecular formula is C30H50O2. The minimum Gasteiger partial charge on any atom is -0.396 e. The van der Waals surface area contributed by atoms with Gasteiger partial charge in [-0.25, -0.2) is 0 Å². The van der Waals surface area contributed by atoms with E-state index in [9.17, 15) is 10.2 Å². The summed E-state index contributed by atoms with van der Waals surface area (Å²) >= 11 is 0. The summed E-state index contributed by atoms with van der Waals surface area (Å²) in [5.41, 5.74) is 2.60. The van der Waals surface area contributed by atoms with Gasteiger partial charge in [-0.05, 0) is 128 Å². The van der Waals surface area contributed by atoms with Gasteiger partial charge in [-0.2, -0.15) is 0 Å². The molecule has 0 aromatic rings. The van der Waals surface area contributed by atoms with Crippen molar-refractivity contribution >= 4 is 0 Å². The van der Waals surface area contributed by atoms with Gasteiger partial charge in [0.1, 0.15) is 0 Å². The first-order valence-electron chi connectivity index (χ1n) is 13.8. The zero-order valence-corrected chi connectivity index (χ0v) is 21.8. The van der Waals surface area contributed by atoms with E-state index in [1.807, 2.05) is 0 Å². The van der Waals surface area contributed by atoms with Gasteiger partial charge in [0.15, 0.2) is 0 Å². The smallest absolute Gasteiger partial charge is 0.0594 e. The lowest BCUT2D eigenvalue weighted by molar-refractivity contribution is -0.249. The normalized spacial score (nSPS) is 56.5. The van der Waals surface area contributed by atoms with Crippen LogP contribution in [0.25, 0.3) is 0 Å². The number of aliphatic hydroxyl groups is 2. The Bertz CT molecular complexity index is 786. The van der Waals surface area contributed by atoms with E-state index in [2.05, 4.69) is 48.1 Å². The molecule has 10 atom stereocenters. The van der Waals surface area contributed by atoms with Crippen LogP contribution in [-0.4, -0.2) is 22.9 Å². The standard InChI is InChI=1S/C30H50O2/c1-19(2)20-10-15-30(18-31)17-16-28(6)21(25(20)30)8-9-23-27(5)13-12-24(32)26(3,4)22(27)11-14-29(23,28)7/h20-25,31-32H,1,8-18H2,2-7H3/t20-,21?,22?,23?,24?,25?,27?,28+,29?,30?/m0/s1. The van der Waals surface area contributed by atoms with E-state index in [0.29, 0.717) is 40.6 Å². The number of aliphatic hydroxyl groups excluding tert-OH is 2. The maximum absolute atomic E-state index is 10.9. The Morgan fingerprint density at radius 2 is 1.53 bits per heavy atom. The Hall–Kier alpha value is -0.340. The largest absolute Gasteiger partial charge is 0.396 e. The quantitative estimate of drug-likeness (QED) is 0.452. The lowest BCUT2D eigenvalue weighted by Crippen LogP contribution is -2.66. The van der Waals surface area contributed by atoms with Crippen molar-refractivity contribution in [2.75, 3.05) is 6.61 Å². The zero-order valence-electron chi connectivity index (χ0n) is 21.8. The molecule has 0 bridgehead atoms. The third kappa shape index (κ3) is 2.66. The van der Waals surface area contributed by atoms with Crippen molar-refractivity contribution in [3.8, 4) is 0 Å². The Kier molecular flexibility index (Phi) is 5.19. The van der Waals surface area contributed by atoms with Crippen molar-refractivity contribution < 1.29 is 10.2 Å². The van der Waals surface area contributed by atoms with Gasteiger partial charge in [-0.1, -0.05) is 46.8 Å². The van der Waals surface area contributed by atoms with Crippen molar-refractivity contribution in [1.29, 1.82) is 0 Å². The van der Waals surface area contributed by atoms with E-state index >= 15 is 0 Å². The van der Waals surface area contributed by atoms with Crippen LogP contribution in [0.3, 0.4) is 0 Å². The summed E-state index contributed by atoms with van der Waals surface area (Å²) in [5.74, 6) is 3.33. The average Bonchev–Trinajstić information content (AvgIpc) is 3.12. The Morgan fingerprint density at radius 1 is 0.812 bits per heavy atom. The molecule has 2 heteroatoms. The van der Waals surface area contributed by atoms with Crippen molar-refractivity contribution in [2.24, 2.45) is 56.7 Å². The molecule has 0 aromatic carbocycles. The fraction of sp³-hybridized carbons (Fsp3) is 0.933. The van der Waals surface area contributed by atoms with Crippen LogP contribution in [-0.2, 0) is 0 Å². The molecule has 5 aliphatic carbocycles. The predicted molar refractivity (Wildman–Crippen MR) is 132 cm³/mol. The highest BCUT2D eigenvalue weighted by Gasteiger charge is 2.70. The first-order chi connectivity index (χ1) is 14.9. The van der Waals surface area contributed by atoms with Crippen molar-refractivity contribution in [2.45, 2.75) is 112 Å². The molecule has 5 aliphatic rings. The van der Waals surface area contributed by atoms with Crippen LogP contribution in [0.1, 0.15) is 106 Å². The highest BCUT2D eigenvalue weighted by Crippen LogP contribution is 2.77. The second kappa shape index (κ2) is 7.09. The first kappa shape index (κ1) is 23.4. The maximum Gasteiger partial charge on any atom is 0.0594 e. The molecule has 5 saturated carbocycles. The summed E-state index contributed by atoms with van der Waals surface area (Å²) < 4.78 is 0. The van der Waals surface area contributed by atoms with Crippen LogP contribution in [0.5, 0.6) is 0 Å². The molecule has 0 spiro atoms. The molecule has 0 radical (unpaired) electrons. The van der Waals surface area contributed by atoms with Gasteiger partial charge in [0.05, 0.1) is 6.10 Å². The third-order valence-corrected chi connectivity index (χ3v) is 13.5. The van der Waals surface area contributed by atoms with Crippen molar-refractivity contribution in [1.82, 2.24) is 0 Å². The SMILES string of the molecule is C=C(C)[C@@H]1CCC2(CO)CC[C@]3(C)C(CCC4C5(C)CCC(O)C(C)(C)C5CCC43C)C12. The van der Waals surface area contributed by atoms with Gasteiger partial charge in [-0.3, -0.25) is 0 Å². The summed E-state index contributed by atoms with van der Waals surface area (Å²) in [7, 11) is 0. The zero-order chi connectivity index (χ0) is 23.3. The molecule has 0 aliphatic heterocycles. The molecule has 182 valence electrons. The Morgan fingerprint density at radius 3 is 2.19 bits per heavy atom. The van der Waals surface area contributed by atoms with Gasteiger partial charge in [-0.15, -0.1) is 0 Å². The molecule has 32 heavy (non-hydrogen) atoms. The van der Waals surface area contributed by atoms with Crippen LogP contribution in [0.15, 0.2) is 12.2 Å². The summed E-state index contributed by atoms with van der Waals surface area (Å²) in [6, 6.07) is 0. The molecule has 0 saturated heterocycles. The molecule has 0 heterocycles. The van der Waals surface area contributed by atoms with E-state index in [1.165, 1.54) is 63.4 Å². The number of rotatable bonds is 2. The summed E-state index contributed by atoms with van der Waals surface area (Å²) in [4.78, 5) is 0. The molecule has 5 fully saturated rings. The van der Waals surface area contributed by atoms with Crippen molar-refractivity contribution in [3.05, 3.63) is 12.2 Å². The van der Waals surface area contributed by atoms with Crippen molar-refractivity contribution in [3.63, 3.8) is 0 Å². The maximum atomic E-state index is 10.9. The average molecular weight is 443 g/mol. The van der Waals surface area contributed by atoms with E-state index < -0.39 is 0 Å². The highest BCUT2D eigenvalue weighted by molar-refractivity contribution is 5.21. The lowest BCUT2D eigenvalue weighted by atomic mass is 9.32. The number of hydrogen-bond acceptors (Lipinski definition) is 2. The van der Waals surface area contributed by atoms with E-state index in [1.54, 1.807) is 0 Å². The van der Waals surface area contributed by atoms with Gasteiger partial charge < -0.3 is 10.2 Å². The number of fused-ring (bicyclic) bond motifs is 7. The Labute approximate surface area is 197 Å². The molecule has 5 rings (SSSR count). The molecule has 8 unspecified atom stereocenters. The molecule has 0 aromatic heterocycles. The summed E-state index contributed by atoms with van der Waals surface area (Å²) in [6.07, 6.45) is 12.2. The predicted octanol–water partition coefficient (Wildman–Crippen LogP) is 7.00. The topological polar surface area (TPSA) is 40.5 Å². The van der Waals surface area contributed by atoms with Gasteiger partial charge in [0.25, 0.3) is 0 Å². The van der Waals surface area contributed by atoms with Crippen LogP contribution in [0.2, 0.25) is 0 Å². The van der Waals surface area contributed by atoms with Gasteiger partial charge in [0.2, 0.25) is 0 Å². The number of hydrogen-bond donors (Lipinski definition) is 2.